The fourth-order valence-corrected chi connectivity index (χ4v) is 4.18. The van der Waals surface area contributed by atoms with E-state index in [-0.39, 0.29) is 5.02 Å². The molecule has 1 fully saturated rings. The quantitative estimate of drug-likeness (QED) is 0.843. The topological polar surface area (TPSA) is 36.1 Å². The number of piperidine rings is 1. The Hall–Kier alpha value is -1.04. The van der Waals surface area contributed by atoms with Gasteiger partial charge < -0.3 is 4.98 Å². The first-order valence-electron chi connectivity index (χ1n) is 6.89. The summed E-state index contributed by atoms with van der Waals surface area (Å²) in [5.41, 5.74) is 1.97. The van der Waals surface area contributed by atoms with E-state index in [9.17, 15) is 8.60 Å². The van der Waals surface area contributed by atoms with Gasteiger partial charge in [0.2, 0.25) is 0 Å². The predicted octanol–water partition coefficient (Wildman–Crippen LogP) is 3.40. The van der Waals surface area contributed by atoms with E-state index in [1.54, 1.807) is 12.3 Å². The molecular formula is C15H18ClFN2OS. The zero-order valence-electron chi connectivity index (χ0n) is 11.9. The van der Waals surface area contributed by atoms with Crippen molar-refractivity contribution in [2.75, 3.05) is 19.3 Å². The number of aromatic nitrogens is 1. The fraction of sp³-hybridized carbons (Fsp3) is 0.400. The Labute approximate surface area is 129 Å². The van der Waals surface area contributed by atoms with Gasteiger partial charge in [0.1, 0.15) is 5.82 Å². The number of H-pyrrole nitrogens is 1. The van der Waals surface area contributed by atoms with Crippen molar-refractivity contribution in [2.45, 2.75) is 18.8 Å². The van der Waals surface area contributed by atoms with Gasteiger partial charge in [-0.1, -0.05) is 11.6 Å². The minimum atomic E-state index is -2.12. The largest absolute Gasteiger partial charge is 0.361 e. The minimum absolute atomic E-state index is 0.133. The van der Waals surface area contributed by atoms with Crippen LogP contribution in [0.25, 0.3) is 10.9 Å². The number of hydrogen-bond acceptors (Lipinski definition) is 1. The molecule has 1 unspecified atom stereocenters. The molecule has 1 atom stereocenters. The molecule has 0 radical (unpaired) electrons. The minimum Gasteiger partial charge on any atom is -0.361 e. The number of aromatic amines is 1. The molecule has 3 nitrogen and oxygen atoms in total. The first-order valence-corrected chi connectivity index (χ1v) is 9.36. The summed E-state index contributed by atoms with van der Waals surface area (Å²) in [4.78, 5) is 3.16. The summed E-state index contributed by atoms with van der Waals surface area (Å²) in [6.07, 6.45) is 5.42. The Morgan fingerprint density at radius 2 is 2.10 bits per heavy atom. The average Bonchev–Trinajstić information content (AvgIpc) is 2.81. The van der Waals surface area contributed by atoms with Crippen LogP contribution < -0.4 is 0 Å². The Balaban J connectivity index is 1.88. The number of benzene rings is 1. The lowest BCUT2D eigenvalue weighted by Crippen LogP contribution is -2.36. The van der Waals surface area contributed by atoms with E-state index in [2.05, 4.69) is 10.9 Å². The van der Waals surface area contributed by atoms with E-state index in [1.165, 1.54) is 6.07 Å². The maximum Gasteiger partial charge on any atom is 0.142 e. The zero-order valence-corrected chi connectivity index (χ0v) is 13.4. The Morgan fingerprint density at radius 1 is 1.43 bits per heavy atom. The van der Waals surface area contributed by atoms with Gasteiger partial charge in [0, 0.05) is 46.2 Å². The molecule has 0 spiro atoms. The third kappa shape index (κ3) is 2.82. The molecule has 0 bridgehead atoms. The van der Waals surface area contributed by atoms with Crippen LogP contribution >= 0.6 is 11.6 Å². The number of rotatable bonds is 2. The first kappa shape index (κ1) is 14.9. The Bertz CT molecular complexity index is 776. The van der Waals surface area contributed by atoms with Crippen LogP contribution in [0.2, 0.25) is 5.02 Å². The van der Waals surface area contributed by atoms with Crippen molar-refractivity contribution in [3.63, 3.8) is 0 Å². The van der Waals surface area contributed by atoms with E-state index in [0.717, 1.165) is 42.4 Å². The fourth-order valence-electron chi connectivity index (χ4n) is 3.03. The molecule has 1 N–H and O–H groups in total. The summed E-state index contributed by atoms with van der Waals surface area (Å²) in [5.74, 6) is 3.69. The number of nitrogens with one attached hydrogen (secondary N) is 1. The highest BCUT2D eigenvalue weighted by molar-refractivity contribution is 7.97. The van der Waals surface area contributed by atoms with Gasteiger partial charge in [-0.05, 0) is 42.3 Å². The monoisotopic (exact) mass is 328 g/mol. The van der Waals surface area contributed by atoms with Crippen molar-refractivity contribution in [2.24, 2.45) is 0 Å². The highest BCUT2D eigenvalue weighted by Gasteiger charge is 2.25. The molecule has 21 heavy (non-hydrogen) atoms. The molecule has 1 aromatic heterocycles. The van der Waals surface area contributed by atoms with Crippen molar-refractivity contribution in [1.29, 1.82) is 0 Å². The lowest BCUT2D eigenvalue weighted by atomic mass is 9.90. The first-order chi connectivity index (χ1) is 9.86. The van der Waals surface area contributed by atoms with Crippen LogP contribution in [-0.4, -0.2) is 38.7 Å². The zero-order chi connectivity index (χ0) is 15.2. The number of fused-ring (bicyclic) bond motifs is 1. The summed E-state index contributed by atoms with van der Waals surface area (Å²) in [7, 11) is -2.12. The van der Waals surface area contributed by atoms with Crippen LogP contribution in [-0.2, 0) is 9.71 Å². The third-order valence-electron chi connectivity index (χ3n) is 4.19. The summed E-state index contributed by atoms with van der Waals surface area (Å²) in [6.45, 7) is 1.51. The molecule has 2 aromatic rings. The van der Waals surface area contributed by atoms with Crippen molar-refractivity contribution < 1.29 is 8.60 Å². The van der Waals surface area contributed by atoms with Crippen LogP contribution in [0.15, 0.2) is 18.3 Å². The van der Waals surface area contributed by atoms with E-state index in [1.807, 2.05) is 10.5 Å². The van der Waals surface area contributed by atoms with Crippen LogP contribution in [0.1, 0.15) is 24.3 Å². The van der Waals surface area contributed by atoms with Gasteiger partial charge >= 0.3 is 0 Å². The standard InChI is InChI=1S/C15H18ClFN2OS/c1-21(2,20)19-5-3-10(4-6-19)12-9-18-15-8-13(16)14(17)7-11(12)15/h7-10,18H,1,3-6H2,2H3. The second-order valence-corrected chi connectivity index (χ2v) is 8.56. The molecule has 1 saturated heterocycles. The van der Waals surface area contributed by atoms with Gasteiger partial charge in [0.05, 0.1) is 5.02 Å². The molecule has 3 rings (SSSR count). The molecule has 1 aliphatic heterocycles. The lowest BCUT2D eigenvalue weighted by Gasteiger charge is -2.32. The van der Waals surface area contributed by atoms with E-state index in [0.29, 0.717) is 5.92 Å². The molecule has 1 aliphatic rings. The maximum atomic E-state index is 13.7. The van der Waals surface area contributed by atoms with Crippen molar-refractivity contribution in [1.82, 2.24) is 9.29 Å². The highest BCUT2D eigenvalue weighted by Crippen LogP contribution is 2.35. The molecular weight excluding hydrogens is 311 g/mol. The summed E-state index contributed by atoms with van der Waals surface area (Å²) in [5, 5.41) is 1.02. The SMILES string of the molecule is C=S(C)(=O)N1CCC(c2c[nH]c3cc(Cl)c(F)cc23)CC1. The second kappa shape index (κ2) is 5.30. The number of nitrogens with zero attached hydrogens (tertiary/aromatic N) is 1. The summed E-state index contributed by atoms with van der Waals surface area (Å²) < 4.78 is 27.6. The Morgan fingerprint density at radius 3 is 2.71 bits per heavy atom. The molecule has 0 saturated carbocycles. The van der Waals surface area contributed by atoms with E-state index < -0.39 is 15.5 Å². The molecule has 2 heterocycles. The van der Waals surface area contributed by atoms with Gasteiger partial charge in [-0.25, -0.2) is 8.70 Å². The van der Waals surface area contributed by atoms with Crippen molar-refractivity contribution >= 4 is 38.1 Å². The van der Waals surface area contributed by atoms with Crippen LogP contribution in [0.5, 0.6) is 0 Å². The molecule has 0 aliphatic carbocycles. The normalized spacial score (nSPS) is 20.7. The Kier molecular flexibility index (Phi) is 3.76. The number of hydrogen-bond donors (Lipinski definition) is 1. The van der Waals surface area contributed by atoms with Gasteiger partial charge in [0.25, 0.3) is 0 Å². The molecule has 0 amide bonds. The smallest absolute Gasteiger partial charge is 0.142 e. The number of halogens is 2. The summed E-state index contributed by atoms with van der Waals surface area (Å²) in [6, 6.07) is 3.12. The van der Waals surface area contributed by atoms with E-state index >= 15 is 0 Å². The van der Waals surface area contributed by atoms with Gasteiger partial charge in [-0.15, -0.1) is 0 Å². The third-order valence-corrected chi connectivity index (χ3v) is 5.94. The molecule has 6 heteroatoms. The van der Waals surface area contributed by atoms with Gasteiger partial charge in [-0.3, -0.25) is 4.21 Å². The summed E-state index contributed by atoms with van der Waals surface area (Å²) >= 11 is 5.81. The van der Waals surface area contributed by atoms with Gasteiger partial charge in [-0.2, -0.15) is 0 Å². The molecule has 1 aromatic carbocycles. The predicted molar refractivity (Wildman–Crippen MR) is 88.0 cm³/mol. The van der Waals surface area contributed by atoms with Crippen molar-refractivity contribution in [3.8, 4) is 0 Å². The van der Waals surface area contributed by atoms with Crippen molar-refractivity contribution in [3.05, 3.63) is 34.7 Å². The highest BCUT2D eigenvalue weighted by atomic mass is 35.5. The maximum absolute atomic E-state index is 13.7. The van der Waals surface area contributed by atoms with Crippen LogP contribution in [0, 0.1) is 5.82 Å². The van der Waals surface area contributed by atoms with Gasteiger partial charge in [0.15, 0.2) is 0 Å². The molecule has 114 valence electrons. The second-order valence-electron chi connectivity index (χ2n) is 5.72. The van der Waals surface area contributed by atoms with Crippen LogP contribution in [0.3, 0.4) is 0 Å². The van der Waals surface area contributed by atoms with Crippen LogP contribution in [0.4, 0.5) is 4.39 Å². The lowest BCUT2D eigenvalue weighted by molar-refractivity contribution is 0.335. The average molecular weight is 329 g/mol. The van der Waals surface area contributed by atoms with E-state index in [4.69, 9.17) is 11.6 Å².